The van der Waals surface area contributed by atoms with Crippen molar-refractivity contribution < 1.29 is 38.6 Å². The smallest absolute Gasteiger partial charge is 0.420 e. The van der Waals surface area contributed by atoms with Crippen molar-refractivity contribution in [1.82, 2.24) is 10.2 Å². The molecule has 1 unspecified atom stereocenters. The van der Waals surface area contributed by atoms with Crippen LogP contribution in [0, 0.1) is 0 Å². The number of amides is 6. The number of nitrogens with zero attached hydrogens (tertiary/aromatic N) is 2. The number of carbonyl (C=O) groups excluding carboxylic acids is 6. The maximum atomic E-state index is 13.2. The highest BCUT2D eigenvalue weighted by atomic mass is 16.6. The zero-order chi connectivity index (χ0) is 31.0. The standard InChI is InChI=1S/C31H27N5O8/c37-20-11-6-17-16-35(31(43)44-24(17)15-20)19-9-7-18(8-10-19)33-25(38)5-2-14-32-22-4-1-3-21-27(22)30(42)36(29(21)41)23-12-13-26(39)34-28(23)40/h1,3-4,6-11,15,23,32,37H,2,5,12-14,16H2,(H,33,38)(H,34,39,40). The maximum Gasteiger partial charge on any atom is 0.420 e. The molecule has 13 nitrogen and oxygen atoms in total. The summed E-state index contributed by atoms with van der Waals surface area (Å²) in [7, 11) is 0. The van der Waals surface area contributed by atoms with E-state index in [1.165, 1.54) is 23.1 Å². The second-order valence-corrected chi connectivity index (χ2v) is 10.5. The molecule has 0 aromatic heterocycles. The van der Waals surface area contributed by atoms with Crippen LogP contribution in [-0.2, 0) is 20.9 Å². The molecule has 3 aliphatic rings. The van der Waals surface area contributed by atoms with Crippen molar-refractivity contribution >= 4 is 52.7 Å². The second kappa shape index (κ2) is 11.5. The SMILES string of the molecule is O=C1CCC(N2C(=O)c3cccc(NCCCC(=O)Nc4ccc(N5Cc6ccc(O)cc6OC5=O)cc4)c3C2=O)C(=O)N1. The third-order valence-electron chi connectivity index (χ3n) is 7.62. The molecular weight excluding hydrogens is 570 g/mol. The number of rotatable bonds is 8. The molecule has 0 saturated carbocycles. The molecule has 1 atom stereocenters. The highest BCUT2D eigenvalue weighted by Crippen LogP contribution is 2.34. The Morgan fingerprint density at radius 3 is 2.57 bits per heavy atom. The van der Waals surface area contributed by atoms with Gasteiger partial charge in [-0.05, 0) is 61.4 Å². The molecule has 6 rings (SSSR count). The number of anilines is 3. The molecule has 0 spiro atoms. The van der Waals surface area contributed by atoms with E-state index in [-0.39, 0.29) is 48.6 Å². The summed E-state index contributed by atoms with van der Waals surface area (Å²) in [5, 5.41) is 17.7. The topological polar surface area (TPSA) is 174 Å². The van der Waals surface area contributed by atoms with E-state index in [0.29, 0.717) is 35.8 Å². The Bertz CT molecular complexity index is 1720. The molecule has 44 heavy (non-hydrogen) atoms. The molecule has 0 aliphatic carbocycles. The minimum atomic E-state index is -1.05. The van der Waals surface area contributed by atoms with E-state index >= 15 is 0 Å². The summed E-state index contributed by atoms with van der Waals surface area (Å²) < 4.78 is 5.32. The number of nitrogens with one attached hydrogen (secondary N) is 3. The predicted molar refractivity (Wildman–Crippen MR) is 156 cm³/mol. The molecule has 4 N–H and O–H groups in total. The number of carbonyl (C=O) groups is 6. The van der Waals surface area contributed by atoms with E-state index in [1.54, 1.807) is 42.5 Å². The third kappa shape index (κ3) is 5.42. The monoisotopic (exact) mass is 597 g/mol. The molecule has 13 heteroatoms. The number of imide groups is 2. The Balaban J connectivity index is 1.01. The summed E-state index contributed by atoms with van der Waals surface area (Å²) in [5.41, 5.74) is 2.62. The van der Waals surface area contributed by atoms with Gasteiger partial charge in [-0.25, -0.2) is 4.79 Å². The van der Waals surface area contributed by atoms with E-state index in [0.717, 1.165) is 10.5 Å². The van der Waals surface area contributed by atoms with Crippen LogP contribution in [-0.4, -0.2) is 58.2 Å². The Labute approximate surface area is 250 Å². The third-order valence-corrected chi connectivity index (χ3v) is 7.62. The van der Waals surface area contributed by atoms with Gasteiger partial charge in [-0.1, -0.05) is 6.07 Å². The highest BCUT2D eigenvalue weighted by Gasteiger charge is 2.45. The lowest BCUT2D eigenvalue weighted by Crippen LogP contribution is -2.54. The van der Waals surface area contributed by atoms with Gasteiger partial charge in [0.25, 0.3) is 11.8 Å². The lowest BCUT2D eigenvalue weighted by molar-refractivity contribution is -0.136. The van der Waals surface area contributed by atoms with Crippen LogP contribution in [0.1, 0.15) is 52.0 Å². The van der Waals surface area contributed by atoms with E-state index in [9.17, 15) is 33.9 Å². The van der Waals surface area contributed by atoms with Crippen molar-refractivity contribution in [3.05, 3.63) is 77.4 Å². The first kappa shape index (κ1) is 28.4. The number of aromatic hydroxyl groups is 1. The van der Waals surface area contributed by atoms with Gasteiger partial charge in [0, 0.05) is 48.1 Å². The zero-order valence-electron chi connectivity index (χ0n) is 23.3. The molecule has 1 saturated heterocycles. The minimum Gasteiger partial charge on any atom is -0.508 e. The number of piperidine rings is 1. The van der Waals surface area contributed by atoms with Crippen molar-refractivity contribution in [3.8, 4) is 11.5 Å². The number of benzene rings is 3. The number of phenols is 1. The first-order chi connectivity index (χ1) is 21.2. The van der Waals surface area contributed by atoms with Gasteiger partial charge in [-0.15, -0.1) is 0 Å². The van der Waals surface area contributed by atoms with Crippen molar-refractivity contribution in [3.63, 3.8) is 0 Å². The Morgan fingerprint density at radius 2 is 1.80 bits per heavy atom. The van der Waals surface area contributed by atoms with Gasteiger partial charge < -0.3 is 20.5 Å². The molecule has 3 aromatic rings. The van der Waals surface area contributed by atoms with Crippen LogP contribution in [0.4, 0.5) is 21.9 Å². The number of ether oxygens (including phenoxy) is 1. The number of hydrogen-bond donors (Lipinski definition) is 4. The van der Waals surface area contributed by atoms with Crippen LogP contribution in [0.15, 0.2) is 60.7 Å². The number of hydrogen-bond acceptors (Lipinski definition) is 9. The van der Waals surface area contributed by atoms with Crippen LogP contribution >= 0.6 is 0 Å². The van der Waals surface area contributed by atoms with Crippen molar-refractivity contribution in [1.29, 1.82) is 0 Å². The summed E-state index contributed by atoms with van der Waals surface area (Å²) in [6, 6.07) is 15.1. The average Bonchev–Trinajstić information content (AvgIpc) is 3.25. The summed E-state index contributed by atoms with van der Waals surface area (Å²) in [6.45, 7) is 0.603. The Morgan fingerprint density at radius 1 is 1.00 bits per heavy atom. The van der Waals surface area contributed by atoms with Crippen LogP contribution in [0.5, 0.6) is 11.5 Å². The van der Waals surface area contributed by atoms with Crippen LogP contribution in [0.3, 0.4) is 0 Å². The molecule has 224 valence electrons. The average molecular weight is 598 g/mol. The predicted octanol–water partition coefficient (Wildman–Crippen LogP) is 3.14. The largest absolute Gasteiger partial charge is 0.508 e. The highest BCUT2D eigenvalue weighted by molar-refractivity contribution is 6.25. The minimum absolute atomic E-state index is 0.00871. The van der Waals surface area contributed by atoms with Crippen molar-refractivity contribution in [2.24, 2.45) is 0 Å². The first-order valence-corrected chi connectivity index (χ1v) is 14.0. The second-order valence-electron chi connectivity index (χ2n) is 10.5. The van der Waals surface area contributed by atoms with Crippen molar-refractivity contribution in [2.45, 2.75) is 38.3 Å². The van der Waals surface area contributed by atoms with E-state index in [4.69, 9.17) is 4.74 Å². The normalized spacial score (nSPS) is 17.5. The zero-order valence-corrected chi connectivity index (χ0v) is 23.3. The summed E-state index contributed by atoms with van der Waals surface area (Å²) in [5.74, 6) is -2.22. The van der Waals surface area contributed by atoms with E-state index in [2.05, 4.69) is 16.0 Å². The summed E-state index contributed by atoms with van der Waals surface area (Å²) in [4.78, 5) is 77.4. The van der Waals surface area contributed by atoms with Crippen LogP contribution in [0.2, 0.25) is 0 Å². The maximum absolute atomic E-state index is 13.2. The molecule has 0 radical (unpaired) electrons. The van der Waals surface area contributed by atoms with Crippen LogP contribution < -0.4 is 25.6 Å². The van der Waals surface area contributed by atoms with Crippen LogP contribution in [0.25, 0.3) is 0 Å². The van der Waals surface area contributed by atoms with Gasteiger partial charge >= 0.3 is 6.09 Å². The first-order valence-electron chi connectivity index (χ1n) is 14.0. The molecule has 0 bridgehead atoms. The number of phenolic OH excluding ortho intramolecular Hbond substituents is 1. The van der Waals surface area contributed by atoms with Gasteiger partial charge in [0.1, 0.15) is 17.5 Å². The fourth-order valence-corrected chi connectivity index (χ4v) is 5.43. The van der Waals surface area contributed by atoms with Gasteiger partial charge in [-0.2, -0.15) is 0 Å². The van der Waals surface area contributed by atoms with Gasteiger partial charge in [0.05, 0.1) is 17.7 Å². The van der Waals surface area contributed by atoms with Crippen molar-refractivity contribution in [2.75, 3.05) is 22.1 Å². The van der Waals surface area contributed by atoms with E-state index < -0.39 is 35.8 Å². The number of fused-ring (bicyclic) bond motifs is 2. The van der Waals surface area contributed by atoms with Gasteiger partial charge in [0.2, 0.25) is 17.7 Å². The van der Waals surface area contributed by atoms with Gasteiger partial charge in [-0.3, -0.25) is 39.1 Å². The summed E-state index contributed by atoms with van der Waals surface area (Å²) in [6.07, 6.45) is 0.117. The molecule has 6 amide bonds. The Hall–Kier alpha value is -5.72. The molecule has 1 fully saturated rings. The van der Waals surface area contributed by atoms with Gasteiger partial charge in [0.15, 0.2) is 0 Å². The molecule has 3 aliphatic heterocycles. The fraction of sp³-hybridized carbons (Fsp3) is 0.226. The lowest BCUT2D eigenvalue weighted by atomic mass is 10.0. The Kier molecular flexibility index (Phi) is 7.43. The molecule has 3 aromatic carbocycles. The fourth-order valence-electron chi connectivity index (χ4n) is 5.43. The quantitative estimate of drug-likeness (QED) is 0.225. The van der Waals surface area contributed by atoms with E-state index in [1.807, 2.05) is 0 Å². The summed E-state index contributed by atoms with van der Waals surface area (Å²) >= 11 is 0. The molecule has 3 heterocycles. The lowest BCUT2D eigenvalue weighted by Gasteiger charge is -2.28. The molecular formula is C31H27N5O8.